The minimum Gasteiger partial charge on any atom is -0.497 e. The lowest BCUT2D eigenvalue weighted by Gasteiger charge is -2.15. The number of nitrogens with one attached hydrogen (secondary N) is 1. The smallest absolute Gasteiger partial charge is 0.118 e. The van der Waals surface area contributed by atoms with Gasteiger partial charge >= 0.3 is 0 Å². The molecule has 1 aromatic rings. The van der Waals surface area contributed by atoms with E-state index in [2.05, 4.69) is 34.8 Å². The van der Waals surface area contributed by atoms with Gasteiger partial charge in [-0.1, -0.05) is 18.2 Å². The molecule has 1 N–H and O–H groups in total. The molecule has 0 spiro atoms. The molecule has 0 radical (unpaired) electrons. The molecule has 1 aliphatic rings. The van der Waals surface area contributed by atoms with Gasteiger partial charge in [-0.05, 0) is 17.7 Å². The van der Waals surface area contributed by atoms with Crippen LogP contribution in [-0.2, 0) is 6.54 Å². The fraction of sp³-hybridized carbons (Fsp3) is 0.273. The van der Waals surface area contributed by atoms with Crippen LogP contribution in [0.3, 0.4) is 0 Å². The Morgan fingerprint density at radius 2 is 2.14 bits per heavy atom. The highest BCUT2D eigenvalue weighted by Gasteiger charge is 2.03. The second kappa shape index (κ2) is 4.15. The van der Waals surface area contributed by atoms with Crippen LogP contribution in [0.15, 0.2) is 36.5 Å². The number of hydrogen-bond donors (Lipinski definition) is 1. The second-order valence-electron chi connectivity index (χ2n) is 3.22. The van der Waals surface area contributed by atoms with Gasteiger partial charge in [0.1, 0.15) is 5.75 Å². The molecule has 0 aromatic heterocycles. The zero-order chi connectivity index (χ0) is 9.80. The van der Waals surface area contributed by atoms with Crippen LogP contribution in [0.1, 0.15) is 5.56 Å². The Bertz CT molecular complexity index is 319. The Labute approximate surface area is 84.0 Å². The van der Waals surface area contributed by atoms with E-state index in [1.807, 2.05) is 12.1 Å². The van der Waals surface area contributed by atoms with E-state index in [1.54, 1.807) is 7.11 Å². The van der Waals surface area contributed by atoms with E-state index < -0.39 is 0 Å². The summed E-state index contributed by atoms with van der Waals surface area (Å²) in [5.41, 5.74) is 4.49. The Morgan fingerprint density at radius 3 is 2.71 bits per heavy atom. The number of rotatable bonds is 3. The van der Waals surface area contributed by atoms with E-state index in [0.29, 0.717) is 0 Å². The van der Waals surface area contributed by atoms with Crippen molar-refractivity contribution < 1.29 is 4.74 Å². The number of methoxy groups -OCH3 is 1. The van der Waals surface area contributed by atoms with Crippen LogP contribution in [0.5, 0.6) is 5.75 Å². The summed E-state index contributed by atoms with van der Waals surface area (Å²) in [5, 5.41) is 2.07. The predicted octanol–water partition coefficient (Wildman–Crippen LogP) is 1.53. The normalized spacial score (nSPS) is 14.8. The lowest BCUT2D eigenvalue weighted by Crippen LogP contribution is -2.27. The van der Waals surface area contributed by atoms with Crippen LogP contribution in [0.25, 0.3) is 0 Å². The van der Waals surface area contributed by atoms with Crippen LogP contribution in [-0.4, -0.2) is 18.7 Å². The third-order valence-corrected chi connectivity index (χ3v) is 2.21. The summed E-state index contributed by atoms with van der Waals surface area (Å²) in [4.78, 5) is 0. The van der Waals surface area contributed by atoms with Gasteiger partial charge in [-0.2, -0.15) is 0 Å². The van der Waals surface area contributed by atoms with Gasteiger partial charge in [-0.3, -0.25) is 0 Å². The first-order chi connectivity index (χ1) is 6.88. The van der Waals surface area contributed by atoms with Crippen molar-refractivity contribution in [3.8, 4) is 5.75 Å². The summed E-state index contributed by atoms with van der Waals surface area (Å²) in [7, 11) is 1.68. The molecule has 2 rings (SSSR count). The molecule has 74 valence electrons. The Balaban J connectivity index is 1.99. The molecule has 1 aromatic carbocycles. The molecular weight excluding hydrogens is 176 g/mol. The summed E-state index contributed by atoms with van der Waals surface area (Å²) in [6.45, 7) is 1.82. The van der Waals surface area contributed by atoms with Crippen LogP contribution in [0.4, 0.5) is 0 Å². The van der Waals surface area contributed by atoms with Crippen molar-refractivity contribution in [1.82, 2.24) is 10.4 Å². The zero-order valence-electron chi connectivity index (χ0n) is 8.23. The third-order valence-electron chi connectivity index (χ3n) is 2.21. The molecule has 0 fully saturated rings. The van der Waals surface area contributed by atoms with Gasteiger partial charge in [0, 0.05) is 12.7 Å². The van der Waals surface area contributed by atoms with Gasteiger partial charge in [0.25, 0.3) is 0 Å². The van der Waals surface area contributed by atoms with Crippen molar-refractivity contribution in [2.24, 2.45) is 0 Å². The third kappa shape index (κ3) is 2.06. The number of ether oxygens (including phenoxy) is 1. The largest absolute Gasteiger partial charge is 0.497 e. The highest BCUT2D eigenvalue weighted by Crippen LogP contribution is 2.12. The molecule has 0 atom stereocenters. The van der Waals surface area contributed by atoms with Crippen LogP contribution >= 0.6 is 0 Å². The first kappa shape index (κ1) is 9.09. The van der Waals surface area contributed by atoms with Crippen LogP contribution in [0, 0.1) is 0 Å². The predicted molar refractivity (Wildman–Crippen MR) is 55.7 cm³/mol. The number of benzene rings is 1. The monoisotopic (exact) mass is 190 g/mol. The summed E-state index contributed by atoms with van der Waals surface area (Å²) in [6, 6.07) is 8.11. The molecule has 0 aliphatic carbocycles. The first-order valence-electron chi connectivity index (χ1n) is 4.68. The molecule has 0 amide bonds. The van der Waals surface area contributed by atoms with Crippen LogP contribution in [0.2, 0.25) is 0 Å². The molecule has 1 heterocycles. The highest BCUT2D eigenvalue weighted by atomic mass is 16.5. The number of hydrazine groups is 1. The van der Waals surface area contributed by atoms with Crippen molar-refractivity contribution >= 4 is 0 Å². The second-order valence-corrected chi connectivity index (χ2v) is 3.22. The summed E-state index contributed by atoms with van der Waals surface area (Å²) < 4.78 is 5.10. The van der Waals surface area contributed by atoms with Gasteiger partial charge in [-0.25, -0.2) is 5.43 Å². The van der Waals surface area contributed by atoms with Crippen molar-refractivity contribution in [1.29, 1.82) is 0 Å². The molecule has 14 heavy (non-hydrogen) atoms. The van der Waals surface area contributed by atoms with Crippen LogP contribution < -0.4 is 10.2 Å². The fourth-order valence-corrected chi connectivity index (χ4v) is 1.44. The molecule has 3 heteroatoms. The lowest BCUT2D eigenvalue weighted by atomic mass is 10.2. The van der Waals surface area contributed by atoms with Gasteiger partial charge in [0.15, 0.2) is 0 Å². The average Bonchev–Trinajstić information content (AvgIpc) is 2.72. The highest BCUT2D eigenvalue weighted by molar-refractivity contribution is 5.27. The molecular formula is C11H14N2O. The maximum Gasteiger partial charge on any atom is 0.118 e. The Kier molecular flexibility index (Phi) is 2.70. The maximum absolute atomic E-state index is 5.10. The molecule has 3 nitrogen and oxygen atoms in total. The quantitative estimate of drug-likeness (QED) is 0.782. The van der Waals surface area contributed by atoms with Gasteiger partial charge in [0.05, 0.1) is 13.7 Å². The Hall–Kier alpha value is -1.48. The van der Waals surface area contributed by atoms with E-state index in [4.69, 9.17) is 4.74 Å². The van der Waals surface area contributed by atoms with E-state index in [1.165, 1.54) is 5.56 Å². The zero-order valence-corrected chi connectivity index (χ0v) is 8.23. The van der Waals surface area contributed by atoms with E-state index in [0.717, 1.165) is 18.8 Å². The topological polar surface area (TPSA) is 24.5 Å². The van der Waals surface area contributed by atoms with Gasteiger partial charge in [0.2, 0.25) is 0 Å². The minimum atomic E-state index is 0.889. The molecule has 0 bridgehead atoms. The van der Waals surface area contributed by atoms with E-state index >= 15 is 0 Å². The lowest BCUT2D eigenvalue weighted by molar-refractivity contribution is 0.298. The Morgan fingerprint density at radius 1 is 1.36 bits per heavy atom. The van der Waals surface area contributed by atoms with Crippen molar-refractivity contribution in [2.45, 2.75) is 6.54 Å². The average molecular weight is 190 g/mol. The van der Waals surface area contributed by atoms with Gasteiger partial charge in [-0.15, -0.1) is 0 Å². The van der Waals surface area contributed by atoms with Crippen molar-refractivity contribution in [3.63, 3.8) is 0 Å². The molecule has 0 saturated heterocycles. The fourth-order valence-electron chi connectivity index (χ4n) is 1.44. The SMILES string of the molecule is COc1ccc(CN2C=CCN2)cc1. The molecule has 1 aliphatic heterocycles. The molecule has 0 saturated carbocycles. The molecule has 0 unspecified atom stereocenters. The van der Waals surface area contributed by atoms with Crippen molar-refractivity contribution in [2.75, 3.05) is 13.7 Å². The number of hydrogen-bond acceptors (Lipinski definition) is 3. The number of nitrogens with zero attached hydrogens (tertiary/aromatic N) is 1. The van der Waals surface area contributed by atoms with E-state index in [9.17, 15) is 0 Å². The standard InChI is InChI=1S/C11H14N2O/c1-14-11-5-3-10(4-6-11)9-13-8-2-7-12-13/h2-6,8,12H,7,9H2,1H3. The summed E-state index contributed by atoms with van der Waals surface area (Å²) in [5.74, 6) is 0.902. The van der Waals surface area contributed by atoms with Crippen molar-refractivity contribution in [3.05, 3.63) is 42.1 Å². The van der Waals surface area contributed by atoms with Gasteiger partial charge < -0.3 is 9.75 Å². The maximum atomic E-state index is 5.10. The summed E-state index contributed by atoms with van der Waals surface area (Å²) in [6.07, 6.45) is 4.16. The summed E-state index contributed by atoms with van der Waals surface area (Å²) >= 11 is 0. The minimum absolute atomic E-state index is 0.889. The van der Waals surface area contributed by atoms with E-state index in [-0.39, 0.29) is 0 Å². The first-order valence-corrected chi connectivity index (χ1v) is 4.68.